The third-order valence-corrected chi connectivity index (χ3v) is 4.06. The third-order valence-electron chi connectivity index (χ3n) is 4.06. The fraction of sp³-hybridized carbons (Fsp3) is 0.600. The first kappa shape index (κ1) is 14.3. The molecule has 0 aliphatic carbocycles. The summed E-state index contributed by atoms with van der Waals surface area (Å²) < 4.78 is 14.1. The molecule has 1 heterocycles. The summed E-state index contributed by atoms with van der Waals surface area (Å²) in [4.78, 5) is 4.30. The van der Waals surface area contributed by atoms with Gasteiger partial charge in [-0.15, -0.1) is 0 Å². The molecule has 1 aromatic carbocycles. The SMILES string of the molecule is CC(O)c1cccc(F)c1N(C)C1CCN(C)CC1. The van der Waals surface area contributed by atoms with Crippen molar-refractivity contribution in [3.8, 4) is 0 Å². The highest BCUT2D eigenvalue weighted by molar-refractivity contribution is 5.56. The average molecular weight is 266 g/mol. The summed E-state index contributed by atoms with van der Waals surface area (Å²) in [5.41, 5.74) is 1.22. The predicted molar refractivity (Wildman–Crippen MR) is 76.0 cm³/mol. The van der Waals surface area contributed by atoms with Crippen molar-refractivity contribution < 1.29 is 9.50 Å². The molecule has 0 spiro atoms. The molecule has 1 atom stereocenters. The van der Waals surface area contributed by atoms with E-state index in [1.54, 1.807) is 19.1 Å². The lowest BCUT2D eigenvalue weighted by molar-refractivity contribution is 0.198. The zero-order valence-electron chi connectivity index (χ0n) is 11.9. The molecule has 0 aromatic heterocycles. The second-order valence-corrected chi connectivity index (χ2v) is 5.50. The van der Waals surface area contributed by atoms with E-state index in [9.17, 15) is 9.50 Å². The van der Waals surface area contributed by atoms with E-state index in [2.05, 4.69) is 11.9 Å². The van der Waals surface area contributed by atoms with E-state index in [1.807, 2.05) is 11.9 Å². The summed E-state index contributed by atoms with van der Waals surface area (Å²) in [5.74, 6) is -0.250. The van der Waals surface area contributed by atoms with Crippen molar-refractivity contribution in [1.82, 2.24) is 4.90 Å². The molecule has 19 heavy (non-hydrogen) atoms. The molecule has 0 saturated carbocycles. The topological polar surface area (TPSA) is 26.7 Å². The van der Waals surface area contributed by atoms with Crippen molar-refractivity contribution in [1.29, 1.82) is 0 Å². The van der Waals surface area contributed by atoms with Gasteiger partial charge in [0.1, 0.15) is 5.82 Å². The molecule has 1 saturated heterocycles. The van der Waals surface area contributed by atoms with Crippen LogP contribution in [-0.2, 0) is 0 Å². The van der Waals surface area contributed by atoms with Crippen LogP contribution in [0.25, 0.3) is 0 Å². The Balaban J connectivity index is 2.25. The number of hydrogen-bond acceptors (Lipinski definition) is 3. The van der Waals surface area contributed by atoms with Gasteiger partial charge in [0.25, 0.3) is 0 Å². The normalized spacial score (nSPS) is 19.4. The van der Waals surface area contributed by atoms with Crippen LogP contribution < -0.4 is 4.90 Å². The molecule has 4 heteroatoms. The van der Waals surface area contributed by atoms with Crippen molar-refractivity contribution in [2.75, 3.05) is 32.1 Å². The molecule has 1 N–H and O–H groups in total. The summed E-state index contributed by atoms with van der Waals surface area (Å²) in [5, 5.41) is 9.82. The molecule has 1 aromatic rings. The number of benzene rings is 1. The van der Waals surface area contributed by atoms with Crippen molar-refractivity contribution in [2.24, 2.45) is 0 Å². The second-order valence-electron chi connectivity index (χ2n) is 5.50. The number of aliphatic hydroxyl groups is 1. The maximum Gasteiger partial charge on any atom is 0.146 e. The third kappa shape index (κ3) is 3.07. The van der Waals surface area contributed by atoms with Crippen LogP contribution in [-0.4, -0.2) is 43.2 Å². The number of nitrogens with zero attached hydrogens (tertiary/aromatic N) is 2. The monoisotopic (exact) mass is 266 g/mol. The van der Waals surface area contributed by atoms with Crippen LogP contribution in [0, 0.1) is 5.82 Å². The van der Waals surface area contributed by atoms with Crippen LogP contribution >= 0.6 is 0 Å². The molecule has 1 aliphatic heterocycles. The zero-order valence-corrected chi connectivity index (χ0v) is 11.9. The van der Waals surface area contributed by atoms with Crippen LogP contribution in [0.3, 0.4) is 0 Å². The number of halogens is 1. The van der Waals surface area contributed by atoms with E-state index >= 15 is 0 Å². The van der Waals surface area contributed by atoms with Gasteiger partial charge in [0.05, 0.1) is 11.8 Å². The van der Waals surface area contributed by atoms with E-state index in [0.29, 0.717) is 17.3 Å². The standard InChI is InChI=1S/C15H23FN2O/c1-11(19)13-5-4-6-14(16)15(13)18(3)12-7-9-17(2)10-8-12/h4-6,11-12,19H,7-10H2,1-3H3. The Labute approximate surface area is 114 Å². The summed E-state index contributed by atoms with van der Waals surface area (Å²) >= 11 is 0. The molecule has 2 rings (SSSR count). The lowest BCUT2D eigenvalue weighted by Gasteiger charge is -2.37. The maximum absolute atomic E-state index is 14.1. The van der Waals surface area contributed by atoms with E-state index in [4.69, 9.17) is 0 Å². The largest absolute Gasteiger partial charge is 0.389 e. The molecular weight excluding hydrogens is 243 g/mol. The van der Waals surface area contributed by atoms with Crippen LogP contribution in [0.4, 0.5) is 10.1 Å². The summed E-state index contributed by atoms with van der Waals surface area (Å²) in [6.45, 7) is 3.75. The van der Waals surface area contributed by atoms with Crippen molar-refractivity contribution in [3.05, 3.63) is 29.6 Å². The Morgan fingerprint density at radius 2 is 2.00 bits per heavy atom. The molecule has 1 aliphatic rings. The van der Waals surface area contributed by atoms with E-state index in [0.717, 1.165) is 25.9 Å². The molecule has 3 nitrogen and oxygen atoms in total. The maximum atomic E-state index is 14.1. The van der Waals surface area contributed by atoms with Gasteiger partial charge in [-0.2, -0.15) is 0 Å². The number of rotatable bonds is 3. The Morgan fingerprint density at radius 1 is 1.37 bits per heavy atom. The molecule has 0 amide bonds. The van der Waals surface area contributed by atoms with Crippen LogP contribution in [0.2, 0.25) is 0 Å². The van der Waals surface area contributed by atoms with Crippen molar-refractivity contribution in [2.45, 2.75) is 31.9 Å². The van der Waals surface area contributed by atoms with Gasteiger partial charge in [-0.1, -0.05) is 12.1 Å². The van der Waals surface area contributed by atoms with Gasteiger partial charge in [-0.3, -0.25) is 0 Å². The quantitative estimate of drug-likeness (QED) is 0.910. The first-order chi connectivity index (χ1) is 9.00. The van der Waals surface area contributed by atoms with Gasteiger partial charge in [0, 0.05) is 18.7 Å². The van der Waals surface area contributed by atoms with Gasteiger partial charge in [-0.25, -0.2) is 4.39 Å². The molecule has 1 fully saturated rings. The minimum Gasteiger partial charge on any atom is -0.389 e. The Morgan fingerprint density at radius 3 is 2.58 bits per heavy atom. The molecular formula is C15H23FN2O. The fourth-order valence-corrected chi connectivity index (χ4v) is 2.81. The Bertz CT molecular complexity index is 428. The number of piperidine rings is 1. The van der Waals surface area contributed by atoms with Gasteiger partial charge < -0.3 is 14.9 Å². The number of likely N-dealkylation sites (tertiary alicyclic amines) is 1. The second kappa shape index (κ2) is 5.88. The molecule has 106 valence electrons. The Kier molecular flexibility index (Phi) is 4.42. The smallest absolute Gasteiger partial charge is 0.146 e. The van der Waals surface area contributed by atoms with E-state index in [-0.39, 0.29) is 5.82 Å². The molecule has 0 radical (unpaired) electrons. The molecule has 0 bridgehead atoms. The van der Waals surface area contributed by atoms with Crippen LogP contribution in [0.5, 0.6) is 0 Å². The predicted octanol–water partition coefficient (Wildman–Crippen LogP) is 2.41. The highest BCUT2D eigenvalue weighted by atomic mass is 19.1. The van der Waals surface area contributed by atoms with E-state index in [1.165, 1.54) is 6.07 Å². The minimum absolute atomic E-state index is 0.250. The summed E-state index contributed by atoms with van der Waals surface area (Å²) in [6.07, 6.45) is 1.40. The van der Waals surface area contributed by atoms with Crippen molar-refractivity contribution in [3.63, 3.8) is 0 Å². The fourth-order valence-electron chi connectivity index (χ4n) is 2.81. The first-order valence-corrected chi connectivity index (χ1v) is 6.88. The number of hydrogen-bond donors (Lipinski definition) is 1. The average Bonchev–Trinajstić information content (AvgIpc) is 2.38. The van der Waals surface area contributed by atoms with Gasteiger partial charge in [0.2, 0.25) is 0 Å². The van der Waals surface area contributed by atoms with Crippen LogP contribution in [0.15, 0.2) is 18.2 Å². The minimum atomic E-state index is -0.653. The van der Waals surface area contributed by atoms with Crippen molar-refractivity contribution >= 4 is 5.69 Å². The highest BCUT2D eigenvalue weighted by Crippen LogP contribution is 2.31. The lowest BCUT2D eigenvalue weighted by Crippen LogP contribution is -2.42. The first-order valence-electron chi connectivity index (χ1n) is 6.88. The van der Waals surface area contributed by atoms with Gasteiger partial charge in [-0.05, 0) is 46.0 Å². The highest BCUT2D eigenvalue weighted by Gasteiger charge is 2.25. The zero-order chi connectivity index (χ0) is 14.0. The summed E-state index contributed by atoms with van der Waals surface area (Å²) in [7, 11) is 4.04. The number of anilines is 1. The molecule has 1 unspecified atom stereocenters. The lowest BCUT2D eigenvalue weighted by atomic mass is 10.0. The number of aliphatic hydroxyl groups excluding tert-OH is 1. The van der Waals surface area contributed by atoms with E-state index < -0.39 is 6.10 Å². The van der Waals surface area contributed by atoms with Gasteiger partial charge >= 0.3 is 0 Å². The van der Waals surface area contributed by atoms with Gasteiger partial charge in [0.15, 0.2) is 0 Å². The number of para-hydroxylation sites is 1. The van der Waals surface area contributed by atoms with Crippen LogP contribution in [0.1, 0.15) is 31.4 Å². The Hall–Kier alpha value is -1.13. The summed E-state index contributed by atoms with van der Waals surface area (Å²) in [6, 6.07) is 5.26.